The summed E-state index contributed by atoms with van der Waals surface area (Å²) in [6.07, 6.45) is 0. The minimum atomic E-state index is -0.373. The van der Waals surface area contributed by atoms with Crippen LogP contribution in [0.15, 0.2) is 82.7 Å². The summed E-state index contributed by atoms with van der Waals surface area (Å²) < 4.78 is 16.9. The Morgan fingerprint density at radius 2 is 1.74 bits per heavy atom. The fourth-order valence-electron chi connectivity index (χ4n) is 3.52. The zero-order chi connectivity index (χ0) is 21.4. The van der Waals surface area contributed by atoms with E-state index in [1.54, 1.807) is 10.6 Å². The maximum Gasteiger partial charge on any atom is 0.263 e. The standard InChI is InChI=1S/C23H16ClFN4OS/c24-19-12-17(25)11-10-16(19)14-31-23-27-26-22-28(13-15-6-2-1-3-7-15)21(30)18-8-4-5-9-20(18)29(22)23/h1-12H,13-14H2. The van der Waals surface area contributed by atoms with Crippen LogP contribution in [0, 0.1) is 5.82 Å². The van der Waals surface area contributed by atoms with Crippen molar-refractivity contribution in [3.05, 3.63) is 105 Å². The third kappa shape index (κ3) is 3.71. The maximum atomic E-state index is 13.4. The van der Waals surface area contributed by atoms with Crippen LogP contribution in [0.25, 0.3) is 16.7 Å². The van der Waals surface area contributed by atoms with Gasteiger partial charge in [0.2, 0.25) is 5.78 Å². The Hall–Kier alpha value is -3.16. The summed E-state index contributed by atoms with van der Waals surface area (Å²) in [5, 5.41) is 10.3. The number of aromatic nitrogens is 4. The predicted octanol–water partition coefficient (Wildman–Crippen LogP) is 5.18. The van der Waals surface area contributed by atoms with E-state index in [4.69, 9.17) is 11.6 Å². The third-order valence-corrected chi connectivity index (χ3v) is 6.36. The highest BCUT2D eigenvalue weighted by Crippen LogP contribution is 2.28. The van der Waals surface area contributed by atoms with Crippen molar-refractivity contribution in [1.82, 2.24) is 19.2 Å². The second kappa shape index (κ2) is 8.17. The minimum Gasteiger partial charge on any atom is -0.272 e. The molecule has 2 aromatic heterocycles. The van der Waals surface area contributed by atoms with Crippen LogP contribution in [0.3, 0.4) is 0 Å². The molecule has 0 aliphatic rings. The van der Waals surface area contributed by atoms with Crippen LogP contribution in [-0.4, -0.2) is 19.2 Å². The molecule has 5 nitrogen and oxygen atoms in total. The SMILES string of the molecule is O=c1c2ccccc2n2c(SCc3ccc(F)cc3Cl)nnc2n1Cc1ccccc1. The van der Waals surface area contributed by atoms with Gasteiger partial charge in [-0.05, 0) is 35.4 Å². The maximum absolute atomic E-state index is 13.4. The van der Waals surface area contributed by atoms with E-state index < -0.39 is 0 Å². The smallest absolute Gasteiger partial charge is 0.263 e. The number of fused-ring (bicyclic) bond motifs is 3. The van der Waals surface area contributed by atoms with Crippen LogP contribution < -0.4 is 5.56 Å². The number of benzene rings is 3. The summed E-state index contributed by atoms with van der Waals surface area (Å²) in [4.78, 5) is 13.2. The molecule has 0 saturated carbocycles. The normalized spacial score (nSPS) is 11.4. The van der Waals surface area contributed by atoms with E-state index in [1.165, 1.54) is 23.9 Å². The van der Waals surface area contributed by atoms with Gasteiger partial charge in [-0.1, -0.05) is 71.9 Å². The number of halogens is 2. The van der Waals surface area contributed by atoms with Gasteiger partial charge >= 0.3 is 0 Å². The predicted molar refractivity (Wildman–Crippen MR) is 121 cm³/mol. The van der Waals surface area contributed by atoms with E-state index in [9.17, 15) is 9.18 Å². The Balaban J connectivity index is 1.63. The van der Waals surface area contributed by atoms with Gasteiger partial charge in [-0.15, -0.1) is 10.2 Å². The molecule has 5 rings (SSSR count). The second-order valence-corrected chi connectivity index (χ2v) is 8.39. The Bertz CT molecular complexity index is 1470. The third-order valence-electron chi connectivity index (χ3n) is 5.03. The highest BCUT2D eigenvalue weighted by atomic mass is 35.5. The first-order chi connectivity index (χ1) is 15.1. The summed E-state index contributed by atoms with van der Waals surface area (Å²) in [5.41, 5.74) is 2.42. The van der Waals surface area contributed by atoms with Crippen LogP contribution in [0.1, 0.15) is 11.1 Å². The van der Waals surface area contributed by atoms with Gasteiger partial charge in [0.15, 0.2) is 5.16 Å². The quantitative estimate of drug-likeness (QED) is 0.346. The van der Waals surface area contributed by atoms with E-state index >= 15 is 0 Å². The first-order valence-corrected chi connectivity index (χ1v) is 11.0. The van der Waals surface area contributed by atoms with E-state index in [2.05, 4.69) is 10.2 Å². The molecule has 0 atom stereocenters. The van der Waals surface area contributed by atoms with Gasteiger partial charge in [0, 0.05) is 10.8 Å². The lowest BCUT2D eigenvalue weighted by molar-refractivity contribution is 0.627. The van der Waals surface area contributed by atoms with E-state index in [0.29, 0.717) is 33.6 Å². The summed E-state index contributed by atoms with van der Waals surface area (Å²) in [6, 6.07) is 21.5. The molecule has 0 radical (unpaired) electrons. The Labute approximate surface area is 186 Å². The monoisotopic (exact) mass is 450 g/mol. The van der Waals surface area contributed by atoms with Gasteiger partial charge in [-0.2, -0.15) is 0 Å². The highest BCUT2D eigenvalue weighted by Gasteiger charge is 2.17. The largest absolute Gasteiger partial charge is 0.272 e. The molecule has 0 aliphatic carbocycles. The van der Waals surface area contributed by atoms with Crippen molar-refractivity contribution in [3.8, 4) is 0 Å². The van der Waals surface area contributed by atoms with Crippen LogP contribution >= 0.6 is 23.4 Å². The zero-order valence-electron chi connectivity index (χ0n) is 16.2. The van der Waals surface area contributed by atoms with Gasteiger partial charge in [0.1, 0.15) is 5.82 Å². The van der Waals surface area contributed by atoms with Gasteiger partial charge in [0.25, 0.3) is 5.56 Å². The van der Waals surface area contributed by atoms with Gasteiger partial charge in [-0.25, -0.2) is 4.39 Å². The number of para-hydroxylation sites is 1. The molecule has 0 amide bonds. The van der Waals surface area contributed by atoms with E-state index in [-0.39, 0.29) is 11.4 Å². The first-order valence-electron chi connectivity index (χ1n) is 9.59. The fraction of sp³-hybridized carbons (Fsp3) is 0.0870. The number of rotatable bonds is 5. The molecule has 0 saturated heterocycles. The molecule has 5 aromatic rings. The van der Waals surface area contributed by atoms with E-state index in [1.807, 2.05) is 59.0 Å². The summed E-state index contributed by atoms with van der Waals surface area (Å²) in [5.74, 6) is 0.592. The molecule has 8 heteroatoms. The van der Waals surface area contributed by atoms with Crippen LogP contribution in [-0.2, 0) is 12.3 Å². The lowest BCUT2D eigenvalue weighted by Gasteiger charge is -2.11. The van der Waals surface area contributed by atoms with Crippen molar-refractivity contribution in [2.75, 3.05) is 0 Å². The second-order valence-electron chi connectivity index (χ2n) is 7.04. The molecule has 0 spiro atoms. The molecule has 0 N–H and O–H groups in total. The highest BCUT2D eigenvalue weighted by molar-refractivity contribution is 7.98. The molecule has 154 valence electrons. The van der Waals surface area contributed by atoms with Crippen molar-refractivity contribution < 1.29 is 4.39 Å². The summed E-state index contributed by atoms with van der Waals surface area (Å²) >= 11 is 7.61. The Morgan fingerprint density at radius 3 is 2.55 bits per heavy atom. The summed E-state index contributed by atoms with van der Waals surface area (Å²) in [6.45, 7) is 0.389. The minimum absolute atomic E-state index is 0.113. The van der Waals surface area contributed by atoms with E-state index in [0.717, 1.165) is 16.6 Å². The topological polar surface area (TPSA) is 52.2 Å². The van der Waals surface area contributed by atoms with Crippen LogP contribution in [0.5, 0.6) is 0 Å². The van der Waals surface area contributed by atoms with Gasteiger partial charge in [0.05, 0.1) is 17.4 Å². The molecule has 3 aromatic carbocycles. The number of hydrogen-bond donors (Lipinski definition) is 0. The van der Waals surface area contributed by atoms with Crippen LogP contribution in [0.4, 0.5) is 4.39 Å². The van der Waals surface area contributed by atoms with Crippen molar-refractivity contribution in [1.29, 1.82) is 0 Å². The fourth-order valence-corrected chi connectivity index (χ4v) is 4.77. The number of hydrogen-bond acceptors (Lipinski definition) is 4. The average molecular weight is 451 g/mol. The lowest BCUT2D eigenvalue weighted by atomic mass is 10.2. The average Bonchev–Trinajstić information content (AvgIpc) is 3.21. The van der Waals surface area contributed by atoms with Crippen LogP contribution in [0.2, 0.25) is 5.02 Å². The van der Waals surface area contributed by atoms with Gasteiger partial charge < -0.3 is 0 Å². The molecule has 31 heavy (non-hydrogen) atoms. The molecule has 0 aliphatic heterocycles. The molecule has 0 fully saturated rings. The molecular weight excluding hydrogens is 435 g/mol. The van der Waals surface area contributed by atoms with Crippen molar-refractivity contribution in [2.24, 2.45) is 0 Å². The Kier molecular flexibility index (Phi) is 5.21. The van der Waals surface area contributed by atoms with Crippen molar-refractivity contribution >= 4 is 40.0 Å². The number of thioether (sulfide) groups is 1. The van der Waals surface area contributed by atoms with Crippen molar-refractivity contribution in [2.45, 2.75) is 17.5 Å². The number of nitrogens with zero attached hydrogens (tertiary/aromatic N) is 4. The van der Waals surface area contributed by atoms with Crippen molar-refractivity contribution in [3.63, 3.8) is 0 Å². The molecule has 0 bridgehead atoms. The molecule has 2 heterocycles. The van der Waals surface area contributed by atoms with Gasteiger partial charge in [-0.3, -0.25) is 13.8 Å². The lowest BCUT2D eigenvalue weighted by Crippen LogP contribution is -2.24. The zero-order valence-corrected chi connectivity index (χ0v) is 17.8. The first kappa shape index (κ1) is 19.8. The summed E-state index contributed by atoms with van der Waals surface area (Å²) in [7, 11) is 0. The molecular formula is C23H16ClFN4OS. The Morgan fingerprint density at radius 1 is 0.968 bits per heavy atom. The molecule has 0 unspecified atom stereocenters.